The lowest BCUT2D eigenvalue weighted by Crippen LogP contribution is -2.27. The lowest BCUT2D eigenvalue weighted by Gasteiger charge is -2.31. The molecule has 6 heteroatoms. The van der Waals surface area contributed by atoms with Gasteiger partial charge < -0.3 is 9.67 Å². The number of amides is 1. The highest BCUT2D eigenvalue weighted by atomic mass is 32.1. The summed E-state index contributed by atoms with van der Waals surface area (Å²) >= 11 is 4.98. The third-order valence-corrected chi connectivity index (χ3v) is 4.83. The Hall–Kier alpha value is -2.47. The van der Waals surface area contributed by atoms with E-state index in [1.54, 1.807) is 0 Å². The minimum absolute atomic E-state index is 0.0456. The van der Waals surface area contributed by atoms with Crippen molar-refractivity contribution in [1.29, 1.82) is 0 Å². The lowest BCUT2D eigenvalue weighted by molar-refractivity contribution is -0.113. The monoisotopic (exact) mass is 339 g/mol. The summed E-state index contributed by atoms with van der Waals surface area (Å²) in [7, 11) is 0. The van der Waals surface area contributed by atoms with Crippen LogP contribution in [0.25, 0.3) is 16.5 Å². The highest BCUT2D eigenvalue weighted by Crippen LogP contribution is 2.45. The number of carbonyl (C=O) groups excluding carboxylic acids is 1. The molecule has 5 nitrogen and oxygen atoms in total. The molecular weight excluding hydrogens is 322 g/mol. The topological polar surface area (TPSA) is 66.6 Å². The summed E-state index contributed by atoms with van der Waals surface area (Å²) in [6, 6.07) is 4.08. The second-order valence-electron chi connectivity index (χ2n) is 6.94. The summed E-state index contributed by atoms with van der Waals surface area (Å²) in [5, 5.41) is 14.4. The fourth-order valence-electron chi connectivity index (χ4n) is 3.82. The molecule has 2 N–H and O–H groups in total. The van der Waals surface area contributed by atoms with E-state index < -0.39 is 5.54 Å². The van der Waals surface area contributed by atoms with Crippen molar-refractivity contribution in [3.05, 3.63) is 34.9 Å². The minimum atomic E-state index is -0.414. The molecule has 0 atom stereocenters. The van der Waals surface area contributed by atoms with Gasteiger partial charge in [0.1, 0.15) is 5.71 Å². The van der Waals surface area contributed by atoms with E-state index in [0.717, 1.165) is 27.6 Å². The van der Waals surface area contributed by atoms with Gasteiger partial charge in [0.05, 0.1) is 16.6 Å². The van der Waals surface area contributed by atoms with Crippen molar-refractivity contribution < 1.29 is 9.90 Å². The second kappa shape index (κ2) is 4.54. The number of benzene rings is 1. The summed E-state index contributed by atoms with van der Waals surface area (Å²) in [6.07, 6.45) is 2.12. The molecule has 0 saturated carbocycles. The summed E-state index contributed by atoms with van der Waals surface area (Å²) in [5.74, 6) is -0.330. The summed E-state index contributed by atoms with van der Waals surface area (Å²) < 4.78 is 1.87. The van der Waals surface area contributed by atoms with E-state index in [-0.39, 0.29) is 22.6 Å². The van der Waals surface area contributed by atoms with Crippen LogP contribution >= 0.6 is 12.2 Å². The van der Waals surface area contributed by atoms with Crippen molar-refractivity contribution in [3.8, 4) is 5.88 Å². The zero-order valence-corrected chi connectivity index (χ0v) is 14.7. The van der Waals surface area contributed by atoms with Crippen LogP contribution in [0.3, 0.4) is 0 Å². The zero-order chi connectivity index (χ0) is 17.4. The number of hydrogen-bond donors (Lipinski definition) is 2. The van der Waals surface area contributed by atoms with E-state index in [4.69, 9.17) is 12.2 Å². The highest BCUT2D eigenvalue weighted by molar-refractivity contribution is 7.80. The van der Waals surface area contributed by atoms with E-state index in [9.17, 15) is 9.90 Å². The number of nitrogens with zero attached hydrogens (tertiary/aromatic N) is 2. The minimum Gasteiger partial charge on any atom is -0.494 e. The molecule has 2 aliphatic rings. The van der Waals surface area contributed by atoms with E-state index in [1.165, 1.54) is 0 Å². The van der Waals surface area contributed by atoms with Crippen LogP contribution in [0.4, 0.5) is 0 Å². The fraction of sp³-hybridized carbons (Fsp3) is 0.278. The molecule has 0 saturated heterocycles. The smallest absolute Gasteiger partial charge is 0.277 e. The number of hydrogen-bond acceptors (Lipinski definition) is 3. The maximum Gasteiger partial charge on any atom is 0.277 e. The van der Waals surface area contributed by atoms with Crippen LogP contribution < -0.4 is 5.32 Å². The molecule has 3 heterocycles. The first-order chi connectivity index (χ1) is 11.2. The van der Waals surface area contributed by atoms with Crippen LogP contribution in [0.1, 0.15) is 37.5 Å². The van der Waals surface area contributed by atoms with Gasteiger partial charge in [0.15, 0.2) is 0 Å². The number of allylic oxidation sites excluding steroid dienone is 2. The Bertz CT molecular complexity index is 1020. The van der Waals surface area contributed by atoms with Gasteiger partial charge in [-0.15, -0.1) is 0 Å². The van der Waals surface area contributed by atoms with Gasteiger partial charge in [-0.1, -0.05) is 6.08 Å². The molecule has 1 aromatic heterocycles. The van der Waals surface area contributed by atoms with Crippen LogP contribution in [-0.4, -0.2) is 26.4 Å². The van der Waals surface area contributed by atoms with E-state index in [1.807, 2.05) is 31.4 Å². The largest absolute Gasteiger partial charge is 0.494 e. The average Bonchev–Trinajstić information content (AvgIpc) is 2.92. The Morgan fingerprint density at radius 3 is 2.62 bits per heavy atom. The maximum absolute atomic E-state index is 12.2. The Morgan fingerprint density at radius 2 is 2.00 bits per heavy atom. The number of rotatable bonds is 1. The normalized spacial score (nSPS) is 18.7. The predicted molar refractivity (Wildman–Crippen MR) is 98.6 cm³/mol. The Kier molecular flexibility index (Phi) is 2.85. The number of aromatic hydroxyl groups is 1. The third-order valence-electron chi connectivity index (χ3n) is 4.64. The molecule has 2 aromatic rings. The van der Waals surface area contributed by atoms with E-state index >= 15 is 0 Å². The molecule has 0 unspecified atom stereocenters. The van der Waals surface area contributed by atoms with Crippen molar-refractivity contribution in [3.63, 3.8) is 0 Å². The fourth-order valence-corrected chi connectivity index (χ4v) is 4.01. The molecule has 0 bridgehead atoms. The van der Waals surface area contributed by atoms with Gasteiger partial charge in [0.25, 0.3) is 5.91 Å². The van der Waals surface area contributed by atoms with Gasteiger partial charge in [-0.05, 0) is 63.2 Å². The SMILES string of the molecule is CC1=CC(C)(C)n2c(O)c(C3=NC(=S)NC3=O)c3cc(C)cc1c32. The summed E-state index contributed by atoms with van der Waals surface area (Å²) in [4.78, 5) is 16.4. The van der Waals surface area contributed by atoms with Crippen molar-refractivity contribution in [2.75, 3.05) is 0 Å². The molecule has 0 fully saturated rings. The van der Waals surface area contributed by atoms with Gasteiger partial charge in [-0.2, -0.15) is 0 Å². The van der Waals surface area contributed by atoms with Crippen molar-refractivity contribution in [1.82, 2.24) is 9.88 Å². The summed E-state index contributed by atoms with van der Waals surface area (Å²) in [6.45, 7) is 8.13. The van der Waals surface area contributed by atoms with Crippen molar-refractivity contribution in [2.24, 2.45) is 4.99 Å². The Balaban J connectivity index is 2.19. The molecule has 1 amide bonds. The number of thiocarbonyl (C=S) groups is 1. The van der Waals surface area contributed by atoms with Crippen LogP contribution in [0.5, 0.6) is 5.88 Å². The molecule has 24 heavy (non-hydrogen) atoms. The Labute approximate surface area is 144 Å². The Morgan fingerprint density at radius 1 is 1.29 bits per heavy atom. The number of aliphatic imine (C=N–C) groups is 1. The molecule has 0 radical (unpaired) electrons. The van der Waals surface area contributed by atoms with Gasteiger partial charge in [0.2, 0.25) is 11.0 Å². The number of nitrogens with one attached hydrogen (secondary N) is 1. The van der Waals surface area contributed by atoms with Gasteiger partial charge in [-0.3, -0.25) is 10.1 Å². The van der Waals surface area contributed by atoms with Gasteiger partial charge in [0, 0.05) is 10.9 Å². The molecule has 4 rings (SSSR count). The van der Waals surface area contributed by atoms with E-state index in [2.05, 4.69) is 29.4 Å². The van der Waals surface area contributed by atoms with Gasteiger partial charge in [-0.25, -0.2) is 4.99 Å². The third kappa shape index (κ3) is 1.83. The highest BCUT2D eigenvalue weighted by Gasteiger charge is 2.36. The van der Waals surface area contributed by atoms with Crippen LogP contribution in [0.15, 0.2) is 23.2 Å². The second-order valence-corrected chi connectivity index (χ2v) is 7.33. The number of carbonyl (C=O) groups is 1. The maximum atomic E-state index is 12.2. The molecule has 0 spiro atoms. The van der Waals surface area contributed by atoms with Crippen LogP contribution in [0.2, 0.25) is 0 Å². The van der Waals surface area contributed by atoms with Crippen LogP contribution in [0, 0.1) is 6.92 Å². The van der Waals surface area contributed by atoms with Crippen molar-refractivity contribution >= 4 is 45.4 Å². The standard InChI is InChI=1S/C18H17N3O2S/c1-8-5-10-9(2)7-18(3,4)21-14(10)11(6-8)12(16(21)23)13-15(22)20-17(24)19-13/h5-7,23H,1-4H3,(H,20,22,24). The zero-order valence-electron chi connectivity index (χ0n) is 13.9. The summed E-state index contributed by atoms with van der Waals surface area (Å²) in [5.41, 5.74) is 4.40. The molecule has 1 aromatic carbocycles. The number of aromatic nitrogens is 1. The molecular formula is C18H17N3O2S. The number of aryl methyl sites for hydroxylation is 1. The lowest BCUT2D eigenvalue weighted by atomic mass is 9.90. The van der Waals surface area contributed by atoms with Crippen molar-refractivity contribution in [2.45, 2.75) is 33.2 Å². The molecule has 122 valence electrons. The molecule has 2 aliphatic heterocycles. The van der Waals surface area contributed by atoms with E-state index in [0.29, 0.717) is 5.56 Å². The quantitative estimate of drug-likeness (QED) is 0.785. The van der Waals surface area contributed by atoms with Gasteiger partial charge >= 0.3 is 0 Å². The average molecular weight is 339 g/mol. The predicted octanol–water partition coefficient (Wildman–Crippen LogP) is 3.01. The first-order valence-corrected chi connectivity index (χ1v) is 8.14. The molecule has 0 aliphatic carbocycles. The first kappa shape index (κ1) is 15.1. The van der Waals surface area contributed by atoms with Crippen LogP contribution in [-0.2, 0) is 10.3 Å². The first-order valence-electron chi connectivity index (χ1n) is 7.73.